The van der Waals surface area contributed by atoms with Crippen LogP contribution in [0.1, 0.15) is 25.7 Å². The molecule has 0 aromatic rings. The molecule has 1 N–H and O–H groups in total. The van der Waals surface area contributed by atoms with E-state index >= 15 is 0 Å². The number of ether oxygens (including phenoxy) is 1. The van der Waals surface area contributed by atoms with Crippen molar-refractivity contribution in [2.75, 3.05) is 39.9 Å². The highest BCUT2D eigenvalue weighted by atomic mass is 16.5. The van der Waals surface area contributed by atoms with Crippen LogP contribution < -0.4 is 5.32 Å². The van der Waals surface area contributed by atoms with E-state index in [0.717, 1.165) is 25.2 Å². The van der Waals surface area contributed by atoms with Crippen molar-refractivity contribution >= 4 is 0 Å². The minimum absolute atomic E-state index is 0.804. The van der Waals surface area contributed by atoms with Gasteiger partial charge in [-0.3, -0.25) is 4.90 Å². The molecule has 0 radical (unpaired) electrons. The Morgan fingerprint density at radius 3 is 2.80 bits per heavy atom. The summed E-state index contributed by atoms with van der Waals surface area (Å²) in [6.07, 6.45) is 5.27. The molecule has 0 spiro atoms. The first-order valence-electron chi connectivity index (χ1n) is 6.36. The lowest BCUT2D eigenvalue weighted by molar-refractivity contribution is 0.0180. The van der Waals surface area contributed by atoms with E-state index in [9.17, 15) is 0 Å². The number of hydrogen-bond donors (Lipinski definition) is 1. The summed E-state index contributed by atoms with van der Waals surface area (Å²) in [6, 6.07) is 0.804. The van der Waals surface area contributed by atoms with Crippen LogP contribution in [0.4, 0.5) is 0 Å². The monoisotopic (exact) mass is 212 g/mol. The van der Waals surface area contributed by atoms with Crippen LogP contribution in [0.15, 0.2) is 0 Å². The van der Waals surface area contributed by atoms with E-state index in [0.29, 0.717) is 0 Å². The largest absolute Gasteiger partial charge is 0.381 e. The summed E-state index contributed by atoms with van der Waals surface area (Å²) in [4.78, 5) is 2.70. The molecule has 0 saturated carbocycles. The van der Waals surface area contributed by atoms with Crippen LogP contribution in [0.25, 0.3) is 0 Å². The maximum Gasteiger partial charge on any atom is 0.0480 e. The molecule has 1 unspecified atom stereocenters. The van der Waals surface area contributed by atoms with Gasteiger partial charge in [-0.1, -0.05) is 0 Å². The first-order chi connectivity index (χ1) is 7.40. The molecule has 0 aromatic heterocycles. The summed E-state index contributed by atoms with van der Waals surface area (Å²) in [5.41, 5.74) is 0. The zero-order valence-corrected chi connectivity index (χ0v) is 9.87. The fraction of sp³-hybridized carbons (Fsp3) is 1.00. The van der Waals surface area contributed by atoms with E-state index in [-0.39, 0.29) is 0 Å². The predicted octanol–water partition coefficient (Wildman–Crippen LogP) is 1.10. The summed E-state index contributed by atoms with van der Waals surface area (Å²) in [5, 5.41) is 3.31. The molecule has 2 saturated heterocycles. The van der Waals surface area contributed by atoms with E-state index in [1.165, 1.54) is 45.3 Å². The van der Waals surface area contributed by atoms with Gasteiger partial charge >= 0.3 is 0 Å². The maximum absolute atomic E-state index is 5.43. The zero-order chi connectivity index (χ0) is 10.5. The van der Waals surface area contributed by atoms with E-state index < -0.39 is 0 Å². The second-order valence-corrected chi connectivity index (χ2v) is 4.90. The number of likely N-dealkylation sites (tertiary alicyclic amines) is 1. The number of rotatable bonds is 3. The Labute approximate surface area is 93.2 Å². The van der Waals surface area contributed by atoms with Gasteiger partial charge in [-0.05, 0) is 51.7 Å². The van der Waals surface area contributed by atoms with Crippen molar-refractivity contribution < 1.29 is 4.74 Å². The number of piperidine rings is 1. The lowest BCUT2D eigenvalue weighted by Gasteiger charge is -2.39. The van der Waals surface area contributed by atoms with Crippen molar-refractivity contribution in [3.63, 3.8) is 0 Å². The standard InChI is InChI=1S/C12H24N2O/c1-13-9-11-3-2-6-14(10-11)12-4-7-15-8-5-12/h11-13H,2-10H2,1H3. The molecule has 1 atom stereocenters. The minimum Gasteiger partial charge on any atom is -0.381 e. The quantitative estimate of drug-likeness (QED) is 0.758. The van der Waals surface area contributed by atoms with Gasteiger partial charge in [-0.15, -0.1) is 0 Å². The van der Waals surface area contributed by atoms with Crippen LogP contribution in [-0.4, -0.2) is 50.8 Å². The van der Waals surface area contributed by atoms with Gasteiger partial charge < -0.3 is 10.1 Å². The molecule has 2 heterocycles. The molecule has 2 aliphatic rings. The third-order valence-corrected chi connectivity index (χ3v) is 3.75. The first kappa shape index (κ1) is 11.4. The highest BCUT2D eigenvalue weighted by Gasteiger charge is 2.26. The smallest absolute Gasteiger partial charge is 0.0480 e. The third kappa shape index (κ3) is 3.16. The van der Waals surface area contributed by atoms with E-state index in [1.807, 2.05) is 0 Å². The average Bonchev–Trinajstić information content (AvgIpc) is 2.31. The van der Waals surface area contributed by atoms with Crippen LogP contribution in [0.2, 0.25) is 0 Å². The predicted molar refractivity (Wildman–Crippen MR) is 62.1 cm³/mol. The van der Waals surface area contributed by atoms with Crippen LogP contribution in [0.3, 0.4) is 0 Å². The van der Waals surface area contributed by atoms with Crippen molar-refractivity contribution in [3.05, 3.63) is 0 Å². The second-order valence-electron chi connectivity index (χ2n) is 4.90. The Morgan fingerprint density at radius 2 is 2.07 bits per heavy atom. The van der Waals surface area contributed by atoms with Gasteiger partial charge in [-0.25, -0.2) is 0 Å². The summed E-state index contributed by atoms with van der Waals surface area (Å²) in [5.74, 6) is 0.867. The molecule has 0 aliphatic carbocycles. The normalized spacial score (nSPS) is 30.6. The Balaban J connectivity index is 1.80. The summed E-state index contributed by atoms with van der Waals surface area (Å²) >= 11 is 0. The van der Waals surface area contributed by atoms with E-state index in [1.54, 1.807) is 0 Å². The lowest BCUT2D eigenvalue weighted by Crippen LogP contribution is -2.46. The lowest BCUT2D eigenvalue weighted by atomic mass is 9.95. The average molecular weight is 212 g/mol. The molecule has 88 valence electrons. The molecule has 2 aliphatic heterocycles. The van der Waals surface area contributed by atoms with Crippen molar-refractivity contribution in [1.82, 2.24) is 10.2 Å². The van der Waals surface area contributed by atoms with Gasteiger partial charge in [0.05, 0.1) is 0 Å². The van der Waals surface area contributed by atoms with Crippen LogP contribution >= 0.6 is 0 Å². The maximum atomic E-state index is 5.43. The Kier molecular flexibility index (Phi) is 4.42. The highest BCUT2D eigenvalue weighted by molar-refractivity contribution is 4.81. The van der Waals surface area contributed by atoms with Crippen molar-refractivity contribution in [1.29, 1.82) is 0 Å². The summed E-state index contributed by atoms with van der Waals surface area (Å²) in [6.45, 7) is 5.73. The van der Waals surface area contributed by atoms with E-state index in [2.05, 4.69) is 17.3 Å². The number of nitrogens with zero attached hydrogens (tertiary/aromatic N) is 1. The topological polar surface area (TPSA) is 24.5 Å². The Morgan fingerprint density at radius 1 is 1.27 bits per heavy atom. The molecular weight excluding hydrogens is 188 g/mol. The van der Waals surface area contributed by atoms with Crippen molar-refractivity contribution in [2.24, 2.45) is 5.92 Å². The zero-order valence-electron chi connectivity index (χ0n) is 9.87. The highest BCUT2D eigenvalue weighted by Crippen LogP contribution is 2.22. The second kappa shape index (κ2) is 5.83. The third-order valence-electron chi connectivity index (χ3n) is 3.75. The Bertz CT molecular complexity index is 178. The fourth-order valence-corrected chi connectivity index (χ4v) is 2.93. The summed E-state index contributed by atoms with van der Waals surface area (Å²) in [7, 11) is 2.06. The van der Waals surface area contributed by atoms with Gasteiger partial charge in [0.1, 0.15) is 0 Å². The first-order valence-corrected chi connectivity index (χ1v) is 6.36. The van der Waals surface area contributed by atoms with Gasteiger partial charge in [0.15, 0.2) is 0 Å². The molecule has 0 amide bonds. The van der Waals surface area contributed by atoms with E-state index in [4.69, 9.17) is 4.74 Å². The number of nitrogens with one attached hydrogen (secondary N) is 1. The fourth-order valence-electron chi connectivity index (χ4n) is 2.93. The summed E-state index contributed by atoms with van der Waals surface area (Å²) < 4.78 is 5.43. The van der Waals surface area contributed by atoms with Gasteiger partial charge in [-0.2, -0.15) is 0 Å². The minimum atomic E-state index is 0.804. The van der Waals surface area contributed by atoms with Crippen molar-refractivity contribution in [2.45, 2.75) is 31.7 Å². The molecular formula is C12H24N2O. The van der Waals surface area contributed by atoms with Crippen LogP contribution in [-0.2, 0) is 4.74 Å². The molecule has 0 aromatic carbocycles. The molecule has 0 bridgehead atoms. The van der Waals surface area contributed by atoms with Gasteiger partial charge in [0.25, 0.3) is 0 Å². The van der Waals surface area contributed by atoms with Gasteiger partial charge in [0, 0.05) is 25.8 Å². The SMILES string of the molecule is CNCC1CCCN(C2CCOCC2)C1. The molecule has 2 fully saturated rings. The Hall–Kier alpha value is -0.120. The number of hydrogen-bond acceptors (Lipinski definition) is 3. The molecule has 3 heteroatoms. The van der Waals surface area contributed by atoms with Gasteiger partial charge in [0.2, 0.25) is 0 Å². The van der Waals surface area contributed by atoms with Crippen LogP contribution in [0, 0.1) is 5.92 Å². The molecule has 2 rings (SSSR count). The molecule has 3 nitrogen and oxygen atoms in total. The van der Waals surface area contributed by atoms with Crippen molar-refractivity contribution in [3.8, 4) is 0 Å². The molecule has 15 heavy (non-hydrogen) atoms. The van der Waals surface area contributed by atoms with Crippen LogP contribution in [0.5, 0.6) is 0 Å².